The second kappa shape index (κ2) is 4.94. The fraction of sp³-hybridized carbons (Fsp3) is 0.909. The summed E-state index contributed by atoms with van der Waals surface area (Å²) in [6, 6.07) is 0.381. The van der Waals surface area contributed by atoms with E-state index in [1.165, 1.54) is 6.42 Å². The topological polar surface area (TPSA) is 50.4 Å². The molecule has 1 aliphatic heterocycles. The van der Waals surface area contributed by atoms with Gasteiger partial charge in [0.15, 0.2) is 0 Å². The van der Waals surface area contributed by atoms with E-state index in [2.05, 4.69) is 10.6 Å². The van der Waals surface area contributed by atoms with Gasteiger partial charge < -0.3 is 15.4 Å². The summed E-state index contributed by atoms with van der Waals surface area (Å²) < 4.78 is 5.18. The molecule has 4 heteroatoms. The molecule has 1 aliphatic carbocycles. The third kappa shape index (κ3) is 2.69. The first-order valence-corrected chi connectivity index (χ1v) is 5.86. The van der Waals surface area contributed by atoms with Gasteiger partial charge in [-0.15, -0.1) is 0 Å². The number of hydrogen-bond acceptors (Lipinski definition) is 3. The fourth-order valence-electron chi connectivity index (χ4n) is 2.25. The Hall–Kier alpha value is -0.610. The molecule has 0 aromatic heterocycles. The maximum Gasteiger partial charge on any atom is 0.237 e. The van der Waals surface area contributed by atoms with Gasteiger partial charge in [-0.05, 0) is 32.2 Å². The Balaban J connectivity index is 1.68. The third-order valence-corrected chi connectivity index (χ3v) is 3.40. The van der Waals surface area contributed by atoms with E-state index in [1.807, 2.05) is 0 Å². The molecule has 2 fully saturated rings. The SMILES string of the molecule is COC1CC(NC(=O)C2CCCCN2)C1. The van der Waals surface area contributed by atoms with Crippen molar-refractivity contribution in [3.63, 3.8) is 0 Å². The predicted octanol–water partition coefficient (Wildman–Crippen LogP) is 0.422. The summed E-state index contributed by atoms with van der Waals surface area (Å²) in [5, 5.41) is 6.32. The molecule has 1 amide bonds. The Kier molecular flexibility index (Phi) is 3.59. The average Bonchev–Trinajstić information content (AvgIpc) is 2.23. The van der Waals surface area contributed by atoms with Crippen LogP contribution >= 0.6 is 0 Å². The maximum atomic E-state index is 11.8. The molecule has 15 heavy (non-hydrogen) atoms. The van der Waals surface area contributed by atoms with Crippen LogP contribution in [-0.2, 0) is 9.53 Å². The Morgan fingerprint density at radius 2 is 2.20 bits per heavy atom. The van der Waals surface area contributed by atoms with Gasteiger partial charge in [0.2, 0.25) is 5.91 Å². The summed E-state index contributed by atoms with van der Waals surface area (Å²) in [6.45, 7) is 0.976. The number of carbonyl (C=O) groups excluding carboxylic acids is 1. The molecule has 1 heterocycles. The molecule has 1 atom stereocenters. The number of rotatable bonds is 3. The number of amides is 1. The molecule has 1 unspecified atom stereocenters. The Morgan fingerprint density at radius 1 is 1.40 bits per heavy atom. The lowest BCUT2D eigenvalue weighted by Crippen LogP contribution is -2.54. The van der Waals surface area contributed by atoms with Crippen LogP contribution in [0.5, 0.6) is 0 Å². The minimum absolute atomic E-state index is 0.0420. The lowest BCUT2D eigenvalue weighted by molar-refractivity contribution is -0.126. The summed E-state index contributed by atoms with van der Waals surface area (Å²) in [6.07, 6.45) is 5.63. The molecule has 2 N–H and O–H groups in total. The van der Waals surface area contributed by atoms with Gasteiger partial charge in [-0.25, -0.2) is 0 Å². The lowest BCUT2D eigenvalue weighted by Gasteiger charge is -2.36. The number of piperidine rings is 1. The lowest BCUT2D eigenvalue weighted by atomic mass is 9.89. The van der Waals surface area contributed by atoms with Gasteiger partial charge in [-0.2, -0.15) is 0 Å². The zero-order valence-corrected chi connectivity index (χ0v) is 9.29. The van der Waals surface area contributed by atoms with Crippen LogP contribution in [0.4, 0.5) is 0 Å². The van der Waals surface area contributed by atoms with E-state index in [1.54, 1.807) is 7.11 Å². The molecule has 4 nitrogen and oxygen atoms in total. The Morgan fingerprint density at radius 3 is 2.80 bits per heavy atom. The molecule has 86 valence electrons. The first kappa shape index (κ1) is 10.9. The van der Waals surface area contributed by atoms with Crippen LogP contribution < -0.4 is 10.6 Å². The van der Waals surface area contributed by atoms with Gasteiger partial charge in [-0.1, -0.05) is 6.42 Å². The molecule has 0 spiro atoms. The van der Waals surface area contributed by atoms with E-state index in [4.69, 9.17) is 4.74 Å². The van der Waals surface area contributed by atoms with Crippen molar-refractivity contribution in [1.29, 1.82) is 0 Å². The second-order valence-corrected chi connectivity index (χ2v) is 4.54. The van der Waals surface area contributed by atoms with E-state index in [0.29, 0.717) is 12.1 Å². The van der Waals surface area contributed by atoms with Crippen molar-refractivity contribution in [1.82, 2.24) is 10.6 Å². The van der Waals surface area contributed by atoms with Crippen LogP contribution in [0.3, 0.4) is 0 Å². The zero-order chi connectivity index (χ0) is 10.7. The van der Waals surface area contributed by atoms with Gasteiger partial charge in [0.1, 0.15) is 0 Å². The van der Waals surface area contributed by atoms with Crippen LogP contribution in [-0.4, -0.2) is 37.7 Å². The van der Waals surface area contributed by atoms with E-state index >= 15 is 0 Å². The van der Waals surface area contributed by atoms with Gasteiger partial charge in [0.05, 0.1) is 12.1 Å². The van der Waals surface area contributed by atoms with Crippen molar-refractivity contribution in [3.05, 3.63) is 0 Å². The van der Waals surface area contributed by atoms with Gasteiger partial charge in [0.25, 0.3) is 0 Å². The van der Waals surface area contributed by atoms with Crippen molar-refractivity contribution in [2.75, 3.05) is 13.7 Å². The molecular formula is C11H20N2O2. The smallest absolute Gasteiger partial charge is 0.237 e. The number of nitrogens with one attached hydrogen (secondary N) is 2. The van der Waals surface area contributed by atoms with E-state index in [9.17, 15) is 4.79 Å². The summed E-state index contributed by atoms with van der Waals surface area (Å²) >= 11 is 0. The summed E-state index contributed by atoms with van der Waals surface area (Å²) in [4.78, 5) is 11.8. The monoisotopic (exact) mass is 212 g/mol. The fourth-order valence-corrected chi connectivity index (χ4v) is 2.25. The van der Waals surface area contributed by atoms with E-state index < -0.39 is 0 Å². The van der Waals surface area contributed by atoms with Crippen molar-refractivity contribution in [3.8, 4) is 0 Å². The molecule has 0 bridgehead atoms. The first-order chi connectivity index (χ1) is 7.29. The molecule has 1 saturated carbocycles. The molecule has 1 saturated heterocycles. The number of carbonyl (C=O) groups is 1. The highest BCUT2D eigenvalue weighted by Gasteiger charge is 2.32. The highest BCUT2D eigenvalue weighted by molar-refractivity contribution is 5.82. The summed E-state index contributed by atoms with van der Waals surface area (Å²) in [5.74, 6) is 0.175. The van der Waals surface area contributed by atoms with Crippen molar-refractivity contribution >= 4 is 5.91 Å². The normalized spacial score (nSPS) is 35.7. The zero-order valence-electron chi connectivity index (χ0n) is 9.29. The Bertz CT molecular complexity index is 221. The predicted molar refractivity (Wildman–Crippen MR) is 57.6 cm³/mol. The molecular weight excluding hydrogens is 192 g/mol. The minimum atomic E-state index is 0.0420. The van der Waals surface area contributed by atoms with E-state index in [-0.39, 0.29) is 11.9 Å². The van der Waals surface area contributed by atoms with Crippen molar-refractivity contribution in [2.45, 2.75) is 50.3 Å². The first-order valence-electron chi connectivity index (χ1n) is 5.86. The summed E-state index contributed by atoms with van der Waals surface area (Å²) in [7, 11) is 1.73. The molecule has 0 aromatic rings. The quantitative estimate of drug-likeness (QED) is 0.713. The van der Waals surface area contributed by atoms with Gasteiger partial charge in [-0.3, -0.25) is 4.79 Å². The van der Waals surface area contributed by atoms with Crippen LogP contribution in [0.2, 0.25) is 0 Å². The van der Waals surface area contributed by atoms with Crippen LogP contribution in [0, 0.1) is 0 Å². The van der Waals surface area contributed by atoms with E-state index in [0.717, 1.165) is 32.2 Å². The Labute approximate surface area is 90.8 Å². The van der Waals surface area contributed by atoms with Crippen LogP contribution in [0.25, 0.3) is 0 Å². The molecule has 2 aliphatic rings. The highest BCUT2D eigenvalue weighted by Crippen LogP contribution is 2.22. The van der Waals surface area contributed by atoms with Crippen LogP contribution in [0.15, 0.2) is 0 Å². The standard InChI is InChI=1S/C11H20N2O2/c1-15-9-6-8(7-9)13-11(14)10-4-2-3-5-12-10/h8-10,12H,2-7H2,1H3,(H,13,14). The van der Waals surface area contributed by atoms with Crippen LogP contribution in [0.1, 0.15) is 32.1 Å². The molecule has 0 aromatic carbocycles. The largest absolute Gasteiger partial charge is 0.381 e. The second-order valence-electron chi connectivity index (χ2n) is 4.54. The van der Waals surface area contributed by atoms with Crippen molar-refractivity contribution in [2.24, 2.45) is 0 Å². The molecule has 0 radical (unpaired) electrons. The average molecular weight is 212 g/mol. The van der Waals surface area contributed by atoms with Gasteiger partial charge in [0, 0.05) is 13.2 Å². The van der Waals surface area contributed by atoms with Gasteiger partial charge >= 0.3 is 0 Å². The number of ether oxygens (including phenoxy) is 1. The number of hydrogen-bond donors (Lipinski definition) is 2. The minimum Gasteiger partial charge on any atom is -0.381 e. The number of methoxy groups -OCH3 is 1. The molecule has 2 rings (SSSR count). The summed E-state index contributed by atoms with van der Waals surface area (Å²) in [5.41, 5.74) is 0. The highest BCUT2D eigenvalue weighted by atomic mass is 16.5. The maximum absolute atomic E-state index is 11.8. The van der Waals surface area contributed by atoms with Crippen molar-refractivity contribution < 1.29 is 9.53 Å². The third-order valence-electron chi connectivity index (χ3n) is 3.40.